The van der Waals surface area contributed by atoms with Gasteiger partial charge in [0.2, 0.25) is 0 Å². The van der Waals surface area contributed by atoms with E-state index >= 15 is 0 Å². The molecule has 1 N–H and O–H groups in total. The van der Waals surface area contributed by atoms with Crippen LogP contribution in [0.1, 0.15) is 0 Å². The molecule has 0 heterocycles. The number of hydrogen-bond acceptors (Lipinski definition) is 2. The van der Waals surface area contributed by atoms with E-state index in [-0.39, 0.29) is 0 Å². The fourth-order valence-electron chi connectivity index (χ4n) is 3.15. The number of hydrogen-bond donors (Lipinski definition) is 1. The molecule has 0 saturated carbocycles. The summed E-state index contributed by atoms with van der Waals surface area (Å²) in [6.45, 7) is 0. The van der Waals surface area contributed by atoms with E-state index in [0.717, 1.165) is 16.2 Å². The van der Waals surface area contributed by atoms with E-state index in [1.807, 2.05) is 12.1 Å². The van der Waals surface area contributed by atoms with Crippen molar-refractivity contribution < 1.29 is 9.68 Å². The summed E-state index contributed by atoms with van der Waals surface area (Å²) >= 11 is 0. The fourth-order valence-corrected chi connectivity index (χ4v) is 3.15. The third kappa shape index (κ3) is 1.98. The molecule has 4 aromatic rings. The van der Waals surface area contributed by atoms with Crippen LogP contribution in [0.4, 0.5) is 0 Å². The molecule has 3 heteroatoms. The van der Waals surface area contributed by atoms with Gasteiger partial charge < -0.3 is 9.68 Å². The maximum atomic E-state index is 10.0. The van der Waals surface area contributed by atoms with Crippen LogP contribution in [-0.2, 0) is 4.65 Å². The van der Waals surface area contributed by atoms with Crippen molar-refractivity contribution in [3.63, 3.8) is 0 Å². The number of fused-ring (bicyclic) bond motifs is 4. The predicted octanol–water partition coefficient (Wildman–Crippen LogP) is 3.48. The van der Waals surface area contributed by atoms with Crippen LogP contribution in [0.25, 0.3) is 32.3 Å². The Kier molecular flexibility index (Phi) is 3.10. The first-order chi connectivity index (χ1) is 10.8. The van der Waals surface area contributed by atoms with Crippen molar-refractivity contribution in [3.8, 4) is 0 Å². The quantitative estimate of drug-likeness (QED) is 0.347. The van der Waals surface area contributed by atoms with Crippen LogP contribution in [0.5, 0.6) is 0 Å². The maximum absolute atomic E-state index is 10.0. The highest BCUT2D eigenvalue weighted by Gasteiger charge is 2.17. The Hall–Kier alpha value is -2.36. The van der Waals surface area contributed by atoms with Gasteiger partial charge in [-0.3, -0.25) is 0 Å². The Morgan fingerprint density at radius 1 is 0.727 bits per heavy atom. The van der Waals surface area contributed by atoms with Crippen molar-refractivity contribution in [2.45, 2.75) is 0 Å². The maximum Gasteiger partial charge on any atom is 0.491 e. The zero-order chi connectivity index (χ0) is 15.1. The minimum atomic E-state index is -0.901. The second-order valence-electron chi connectivity index (χ2n) is 5.52. The van der Waals surface area contributed by atoms with Crippen molar-refractivity contribution in [2.75, 3.05) is 7.11 Å². The molecule has 106 valence electrons. The molecule has 0 aromatic heterocycles. The van der Waals surface area contributed by atoms with E-state index < -0.39 is 7.12 Å². The molecular formula is C19H15BO2. The second-order valence-corrected chi connectivity index (χ2v) is 5.52. The van der Waals surface area contributed by atoms with Crippen LogP contribution < -0.4 is 5.46 Å². The van der Waals surface area contributed by atoms with Gasteiger partial charge in [-0.05, 0) is 49.9 Å². The first-order valence-corrected chi connectivity index (χ1v) is 7.33. The lowest BCUT2D eigenvalue weighted by atomic mass is 9.76. The molecule has 0 atom stereocenters. The van der Waals surface area contributed by atoms with Gasteiger partial charge in [0.1, 0.15) is 0 Å². The minimum absolute atomic E-state index is 0.801. The summed E-state index contributed by atoms with van der Waals surface area (Å²) in [4.78, 5) is 0. The monoisotopic (exact) mass is 286 g/mol. The molecular weight excluding hydrogens is 271 g/mol. The van der Waals surface area contributed by atoms with Gasteiger partial charge in [-0.1, -0.05) is 54.6 Å². The molecule has 4 aromatic carbocycles. The molecule has 22 heavy (non-hydrogen) atoms. The minimum Gasteiger partial charge on any atom is -0.423 e. The number of benzene rings is 4. The van der Waals surface area contributed by atoms with Crippen molar-refractivity contribution in [2.24, 2.45) is 0 Å². The van der Waals surface area contributed by atoms with Crippen molar-refractivity contribution in [3.05, 3.63) is 66.7 Å². The lowest BCUT2D eigenvalue weighted by molar-refractivity contribution is 0.342. The molecule has 0 aliphatic carbocycles. The molecule has 0 fully saturated rings. The molecule has 0 amide bonds. The largest absolute Gasteiger partial charge is 0.491 e. The highest BCUT2D eigenvalue weighted by molar-refractivity contribution is 6.63. The van der Waals surface area contributed by atoms with E-state index in [1.165, 1.54) is 28.7 Å². The second kappa shape index (κ2) is 5.13. The SMILES string of the molecule is COB(O)c1cccc2c1ccc1cc3ccccc3cc12. The van der Waals surface area contributed by atoms with Crippen LogP contribution in [0.2, 0.25) is 0 Å². The Bertz CT molecular complexity index is 994. The van der Waals surface area contributed by atoms with Gasteiger partial charge in [-0.15, -0.1) is 0 Å². The normalized spacial score (nSPS) is 11.4. The summed E-state index contributed by atoms with van der Waals surface area (Å²) in [5, 5.41) is 17.1. The van der Waals surface area contributed by atoms with Gasteiger partial charge in [0.15, 0.2) is 0 Å². The van der Waals surface area contributed by atoms with Crippen molar-refractivity contribution >= 4 is 44.9 Å². The molecule has 2 nitrogen and oxygen atoms in total. The first kappa shape index (κ1) is 13.3. The highest BCUT2D eigenvalue weighted by Crippen LogP contribution is 2.28. The van der Waals surface area contributed by atoms with E-state index in [4.69, 9.17) is 4.65 Å². The summed E-state index contributed by atoms with van der Waals surface area (Å²) in [6.07, 6.45) is 0. The zero-order valence-corrected chi connectivity index (χ0v) is 12.3. The smallest absolute Gasteiger partial charge is 0.423 e. The summed E-state index contributed by atoms with van der Waals surface area (Å²) in [5.74, 6) is 0. The van der Waals surface area contributed by atoms with Crippen LogP contribution in [0.3, 0.4) is 0 Å². The third-order valence-corrected chi connectivity index (χ3v) is 4.27. The van der Waals surface area contributed by atoms with E-state index in [0.29, 0.717) is 0 Å². The van der Waals surface area contributed by atoms with Crippen LogP contribution in [0.15, 0.2) is 66.7 Å². The van der Waals surface area contributed by atoms with E-state index in [1.54, 1.807) is 0 Å². The average Bonchev–Trinajstić information content (AvgIpc) is 2.58. The van der Waals surface area contributed by atoms with Gasteiger partial charge in [0.25, 0.3) is 0 Å². The molecule has 0 saturated heterocycles. The van der Waals surface area contributed by atoms with Gasteiger partial charge in [0.05, 0.1) is 0 Å². The molecule has 4 rings (SSSR count). The van der Waals surface area contributed by atoms with Gasteiger partial charge in [0, 0.05) is 7.11 Å². The van der Waals surface area contributed by atoms with Crippen molar-refractivity contribution in [1.29, 1.82) is 0 Å². The molecule has 0 spiro atoms. The molecule has 0 aliphatic heterocycles. The Morgan fingerprint density at radius 3 is 2.27 bits per heavy atom. The van der Waals surface area contributed by atoms with Crippen LogP contribution >= 0.6 is 0 Å². The van der Waals surface area contributed by atoms with Gasteiger partial charge in [-0.25, -0.2) is 0 Å². The average molecular weight is 286 g/mol. The summed E-state index contributed by atoms with van der Waals surface area (Å²) in [6, 6.07) is 22.9. The van der Waals surface area contributed by atoms with Crippen LogP contribution in [0, 0.1) is 0 Å². The van der Waals surface area contributed by atoms with Gasteiger partial charge in [-0.2, -0.15) is 0 Å². The lowest BCUT2D eigenvalue weighted by Gasteiger charge is -2.11. The number of rotatable bonds is 2. The summed E-state index contributed by atoms with van der Waals surface area (Å²) in [7, 11) is 0.611. The Morgan fingerprint density at radius 2 is 1.50 bits per heavy atom. The predicted molar refractivity (Wildman–Crippen MR) is 93.6 cm³/mol. The topological polar surface area (TPSA) is 29.5 Å². The molecule has 0 unspecified atom stereocenters. The molecule has 0 radical (unpaired) electrons. The Balaban J connectivity index is 2.12. The molecule has 0 bridgehead atoms. The summed E-state index contributed by atoms with van der Waals surface area (Å²) < 4.78 is 5.08. The van der Waals surface area contributed by atoms with E-state index in [9.17, 15) is 5.02 Å². The highest BCUT2D eigenvalue weighted by atomic mass is 16.5. The summed E-state index contributed by atoms with van der Waals surface area (Å²) in [5.41, 5.74) is 0.801. The fraction of sp³-hybridized carbons (Fsp3) is 0.0526. The first-order valence-electron chi connectivity index (χ1n) is 7.33. The zero-order valence-electron chi connectivity index (χ0n) is 12.3. The van der Waals surface area contributed by atoms with Crippen molar-refractivity contribution in [1.82, 2.24) is 0 Å². The third-order valence-electron chi connectivity index (χ3n) is 4.27. The standard InChI is InChI=1S/C19H15BO2/c1-22-20(21)19-8-4-7-16-17(19)10-9-15-11-13-5-2-3-6-14(13)12-18(15)16/h2-12,21H,1H3. The van der Waals surface area contributed by atoms with Crippen LogP contribution in [-0.4, -0.2) is 19.3 Å². The lowest BCUT2D eigenvalue weighted by Crippen LogP contribution is -2.32. The van der Waals surface area contributed by atoms with Gasteiger partial charge >= 0.3 is 7.12 Å². The Labute approximate surface area is 129 Å². The molecule has 0 aliphatic rings. The van der Waals surface area contributed by atoms with E-state index in [2.05, 4.69) is 54.6 Å².